The Hall–Kier alpha value is -15.4. The molecule has 1 aromatic heterocycles. The molecule has 4 heteroatoms. The summed E-state index contributed by atoms with van der Waals surface area (Å²) in [5.41, 5.74) is 48.1. The molecular weight excluding hydrogens is 1710 g/mol. The monoisotopic (exact) mass is 1830 g/mol. The molecule has 3 heterocycles. The van der Waals surface area contributed by atoms with Gasteiger partial charge in [-0.2, -0.15) is 0 Å². The summed E-state index contributed by atoms with van der Waals surface area (Å²) in [6.45, 7) is 15.7. The zero-order chi connectivity index (χ0) is 95.6. The van der Waals surface area contributed by atoms with Crippen LogP contribution in [-0.4, -0.2) is 24.4 Å². The van der Waals surface area contributed by atoms with E-state index in [0.717, 1.165) is 90.1 Å². The fraction of sp³-hybridized carbons (Fsp3) is 0.174. The van der Waals surface area contributed by atoms with Crippen molar-refractivity contribution in [3.8, 4) is 94.7 Å². The van der Waals surface area contributed by atoms with Gasteiger partial charge < -0.3 is 14.4 Å². The molecule has 0 radical (unpaired) electrons. The molecule has 0 spiro atoms. The number of hydrogen-bond acceptors (Lipinski definition) is 2. The van der Waals surface area contributed by atoms with Gasteiger partial charge in [-0.1, -0.05) is 468 Å². The lowest BCUT2D eigenvalue weighted by atomic mass is 9.33. The highest BCUT2D eigenvalue weighted by molar-refractivity contribution is 7.00. The van der Waals surface area contributed by atoms with Gasteiger partial charge in [0.15, 0.2) is 0 Å². The third kappa shape index (κ3) is 15.7. The molecule has 2 aliphatic carbocycles. The molecule has 0 N–H and O–H groups in total. The summed E-state index contributed by atoms with van der Waals surface area (Å²) in [5, 5.41) is 2.59. The average molecular weight is 1830 g/mol. The van der Waals surface area contributed by atoms with Crippen molar-refractivity contribution in [2.45, 2.75) is 140 Å². The number of hydrogen-bond donors (Lipinski definition) is 0. The van der Waals surface area contributed by atoms with Crippen LogP contribution in [0.4, 0.5) is 22.7 Å². The number of unbranched alkanes of at least 4 members (excludes halogenated alkanes) is 8. The Balaban J connectivity index is 0.605. The minimum atomic E-state index is -0.470. The fourth-order valence-electron chi connectivity index (χ4n) is 25.0. The van der Waals surface area contributed by atoms with Crippen LogP contribution in [0.1, 0.15) is 173 Å². The van der Waals surface area contributed by atoms with Gasteiger partial charge in [-0.05, 0) is 282 Å². The van der Waals surface area contributed by atoms with E-state index in [1.54, 1.807) is 0 Å². The molecule has 0 saturated carbocycles. The van der Waals surface area contributed by atoms with Gasteiger partial charge in [0.2, 0.25) is 0 Å². The number of aryl methyl sites for hydroxylation is 2. The van der Waals surface area contributed by atoms with Crippen molar-refractivity contribution in [2.24, 2.45) is 0 Å². The predicted molar refractivity (Wildman–Crippen MR) is 603 cm³/mol. The number of aromatic nitrogens is 1. The molecule has 0 fully saturated rings. The van der Waals surface area contributed by atoms with Crippen molar-refractivity contribution < 1.29 is 0 Å². The summed E-state index contributed by atoms with van der Waals surface area (Å²) < 4.78 is 2.66. The van der Waals surface area contributed by atoms with Gasteiger partial charge in [-0.15, -0.1) is 0 Å². The highest BCUT2D eigenvalue weighted by Gasteiger charge is 2.50. The van der Waals surface area contributed by atoms with Crippen LogP contribution in [0.15, 0.2) is 449 Å². The molecule has 0 bridgehead atoms. The van der Waals surface area contributed by atoms with Gasteiger partial charge in [0.05, 0.1) is 27.6 Å². The van der Waals surface area contributed by atoms with Gasteiger partial charge in [0.1, 0.15) is 0 Å². The maximum absolute atomic E-state index is 2.83. The van der Waals surface area contributed by atoms with E-state index < -0.39 is 10.8 Å². The first-order valence-electron chi connectivity index (χ1n) is 52.0. The van der Waals surface area contributed by atoms with Gasteiger partial charge in [0, 0.05) is 46.6 Å². The maximum atomic E-state index is 2.83. The van der Waals surface area contributed by atoms with E-state index in [4.69, 9.17) is 0 Å². The highest BCUT2D eigenvalue weighted by Crippen LogP contribution is 2.60. The van der Waals surface area contributed by atoms with Crippen molar-refractivity contribution in [2.75, 3.05) is 22.9 Å². The first-order valence-corrected chi connectivity index (χ1v) is 52.0. The molecule has 2 aliphatic heterocycles. The summed E-state index contributed by atoms with van der Waals surface area (Å²) in [6.07, 6.45) is 13.0. The Labute approximate surface area is 839 Å². The lowest BCUT2D eigenvalue weighted by Crippen LogP contribution is -2.62. The van der Waals surface area contributed by atoms with E-state index in [9.17, 15) is 0 Å². The third-order valence-electron chi connectivity index (χ3n) is 31.9. The summed E-state index contributed by atoms with van der Waals surface area (Å²) in [6, 6.07) is 172. The van der Waals surface area contributed by atoms with Crippen LogP contribution >= 0.6 is 0 Å². The predicted octanol–water partition coefficient (Wildman–Crippen LogP) is 33.9. The van der Waals surface area contributed by atoms with Crippen LogP contribution < -0.4 is 26.2 Å². The second-order valence-electron chi connectivity index (χ2n) is 42.2. The van der Waals surface area contributed by atoms with E-state index in [1.165, 1.54) is 222 Å². The van der Waals surface area contributed by atoms with Crippen LogP contribution in [-0.2, 0) is 34.5 Å². The van der Waals surface area contributed by atoms with E-state index in [-0.39, 0.29) is 17.5 Å². The highest BCUT2D eigenvalue weighted by atomic mass is 15.2. The van der Waals surface area contributed by atoms with E-state index in [2.05, 4.69) is 505 Å². The zero-order valence-corrected chi connectivity index (χ0v) is 82.5. The van der Waals surface area contributed by atoms with Gasteiger partial charge in [-0.3, -0.25) is 0 Å². The molecule has 3 nitrogen and oxygen atoms in total. The molecule has 0 atom stereocenters. The maximum Gasteiger partial charge on any atom is 0.252 e. The quantitative estimate of drug-likeness (QED) is 0.0376. The van der Waals surface area contributed by atoms with Crippen molar-refractivity contribution in [3.63, 3.8) is 0 Å². The minimum Gasteiger partial charge on any atom is -0.342 e. The lowest BCUT2D eigenvalue weighted by molar-refractivity contribution is 0.590. The number of anilines is 4. The third-order valence-corrected chi connectivity index (χ3v) is 31.9. The second kappa shape index (κ2) is 37.3. The Morgan fingerprint density at radius 2 is 0.528 bits per heavy atom. The molecule has 142 heavy (non-hydrogen) atoms. The standard InChI is InChI=1S/C138H120BN3/c1-135(2,3)107-77-81-128-120(87-107)121-88-108(136(4,5)6)78-82-129(121)142(128)109-89-132-134-133(90-109)141(84-48-12-8-10-22-50-96-60-40-42-70-111(96)102-76-80-115-113-72-44-46-74-123(113)138(125(115)86-102,105-65-35-19-36-66-105)106-67-37-20-38-68-106)131-94-119(100-57-29-16-30-58-100)117(98-53-25-14-26-54-98)92-127(131)139(134)126-91-116(97-51-23-13-24-52-97)118(99-55-27-15-28-56-99)93-130(126)140(132)83-47-11-7-9-21-49-95-59-39-41-69-110(95)101-75-79-114-112-71-43-45-73-122(112)137(124(114)85-101,103-61-31-17-32-62-103)104-63-33-18-34-64-104/h13-20,23-46,51-82,85-94H,7-12,21-22,47-50,83-84H2,1-6H3. The molecule has 19 aromatic carbocycles. The minimum absolute atomic E-state index is 0.0661. The topological polar surface area (TPSA) is 11.4 Å². The summed E-state index contributed by atoms with van der Waals surface area (Å²) in [5.74, 6) is 0. The fourth-order valence-corrected chi connectivity index (χ4v) is 25.0. The molecule has 24 rings (SSSR count). The van der Waals surface area contributed by atoms with Crippen LogP contribution in [0, 0.1) is 0 Å². The van der Waals surface area contributed by atoms with Gasteiger partial charge >= 0.3 is 0 Å². The van der Waals surface area contributed by atoms with Crippen LogP contribution in [0.3, 0.4) is 0 Å². The van der Waals surface area contributed by atoms with Crippen LogP contribution in [0.2, 0.25) is 0 Å². The van der Waals surface area contributed by atoms with E-state index >= 15 is 0 Å². The summed E-state index contributed by atoms with van der Waals surface area (Å²) in [7, 11) is 0. The molecule has 20 aromatic rings. The number of benzene rings is 19. The van der Waals surface area contributed by atoms with Crippen molar-refractivity contribution in [1.82, 2.24) is 4.57 Å². The molecule has 0 unspecified atom stereocenters. The Bertz CT molecular complexity index is 7540. The van der Waals surface area contributed by atoms with Crippen LogP contribution in [0.5, 0.6) is 0 Å². The van der Waals surface area contributed by atoms with Crippen molar-refractivity contribution in [1.29, 1.82) is 0 Å². The zero-order valence-electron chi connectivity index (χ0n) is 82.5. The molecule has 4 aliphatic rings. The first-order chi connectivity index (χ1) is 69.7. The van der Waals surface area contributed by atoms with Gasteiger partial charge in [0.25, 0.3) is 6.71 Å². The van der Waals surface area contributed by atoms with E-state index in [0.29, 0.717) is 0 Å². The van der Waals surface area contributed by atoms with Gasteiger partial charge in [-0.25, -0.2) is 0 Å². The number of nitrogens with zero attached hydrogens (tertiary/aromatic N) is 3. The number of fused-ring (bicyclic) bond motifs is 13. The second-order valence-corrected chi connectivity index (χ2v) is 42.2. The summed E-state index contributed by atoms with van der Waals surface area (Å²) in [4.78, 5) is 5.66. The van der Waals surface area contributed by atoms with Crippen LogP contribution in [0.25, 0.3) is 117 Å². The Morgan fingerprint density at radius 1 is 0.225 bits per heavy atom. The lowest BCUT2D eigenvalue weighted by Gasteiger charge is -2.45. The molecule has 690 valence electrons. The SMILES string of the molecule is CC(C)(C)c1ccc2c(c1)c1cc(C(C)(C)C)ccc1n2-c1cc2c3c(c1)N(CCCCCCCc1ccccc1-c1ccc4c(c1)C(c1ccccc1)(c1ccccc1)c1ccccc1-4)c1cc(-c4ccccc4)c(-c4ccccc4)cc1B3c1cc(-c3ccccc3)c(-c3ccccc3)cc1N2CCCCCCCc1ccccc1-c1ccc2c(c1)C(c1ccccc1)(c1ccccc1)c1ccccc1-2. The average Bonchev–Trinajstić information content (AvgIpc) is 1.03. The van der Waals surface area contributed by atoms with Crippen molar-refractivity contribution >= 4 is 67.7 Å². The number of rotatable bonds is 27. The summed E-state index contributed by atoms with van der Waals surface area (Å²) >= 11 is 0. The molecular formula is C138H120BN3. The smallest absolute Gasteiger partial charge is 0.252 e. The Morgan fingerprint density at radius 3 is 0.887 bits per heavy atom. The largest absolute Gasteiger partial charge is 0.342 e. The molecule has 0 amide bonds. The molecule has 0 saturated heterocycles. The van der Waals surface area contributed by atoms with Crippen molar-refractivity contribution in [3.05, 3.63) is 516 Å². The Kier molecular flexibility index (Phi) is 23.5. The normalized spacial score (nSPS) is 13.5. The first kappa shape index (κ1) is 89.3. The van der Waals surface area contributed by atoms with E-state index in [1.807, 2.05) is 0 Å².